The van der Waals surface area contributed by atoms with E-state index >= 15 is 0 Å². The van der Waals surface area contributed by atoms with Crippen LogP contribution in [0.25, 0.3) is 10.9 Å². The first-order valence-corrected chi connectivity index (χ1v) is 8.52. The van der Waals surface area contributed by atoms with Gasteiger partial charge in [-0.1, -0.05) is 15.9 Å². The second-order valence-electron chi connectivity index (χ2n) is 5.95. The third-order valence-electron chi connectivity index (χ3n) is 4.63. The Bertz CT molecular complexity index is 894. The van der Waals surface area contributed by atoms with Gasteiger partial charge in [-0.2, -0.15) is 0 Å². The number of esters is 1. The minimum absolute atomic E-state index is 0.239. The molecular weight excluding hydrogens is 356 g/mol. The molecular formula is C18H17BrN2O2. The molecule has 0 radical (unpaired) electrons. The van der Waals surface area contributed by atoms with Crippen LogP contribution < -0.4 is 0 Å². The first-order chi connectivity index (χ1) is 11.2. The van der Waals surface area contributed by atoms with Crippen LogP contribution in [0.5, 0.6) is 0 Å². The van der Waals surface area contributed by atoms with Gasteiger partial charge in [-0.3, -0.25) is 0 Å². The summed E-state index contributed by atoms with van der Waals surface area (Å²) < 4.78 is 8.02. The Labute approximate surface area is 142 Å². The number of nitrogens with zero attached hydrogens (tertiary/aromatic N) is 1. The SMILES string of the molecule is COC(=O)c1ccn(C2CCCc3c2[nH]c2ccc(Br)cc32)c1. The van der Waals surface area contributed by atoms with E-state index < -0.39 is 0 Å². The monoisotopic (exact) mass is 372 g/mol. The number of aromatic nitrogens is 2. The first-order valence-electron chi connectivity index (χ1n) is 7.73. The molecule has 0 bridgehead atoms. The van der Waals surface area contributed by atoms with Crippen molar-refractivity contribution in [3.8, 4) is 0 Å². The van der Waals surface area contributed by atoms with E-state index in [1.165, 1.54) is 29.3 Å². The van der Waals surface area contributed by atoms with E-state index in [2.05, 4.69) is 43.7 Å². The zero-order valence-electron chi connectivity index (χ0n) is 12.8. The molecule has 2 heterocycles. The summed E-state index contributed by atoms with van der Waals surface area (Å²) >= 11 is 3.56. The number of hydrogen-bond donors (Lipinski definition) is 1. The number of nitrogens with one attached hydrogen (secondary N) is 1. The van der Waals surface area contributed by atoms with E-state index in [-0.39, 0.29) is 12.0 Å². The number of carbonyl (C=O) groups is 1. The number of halogens is 1. The molecule has 2 aromatic heterocycles. The molecule has 0 fully saturated rings. The molecule has 3 aromatic rings. The predicted octanol–water partition coefficient (Wildman–Crippen LogP) is 4.44. The van der Waals surface area contributed by atoms with Crippen molar-refractivity contribution in [2.45, 2.75) is 25.3 Å². The molecule has 4 nitrogen and oxygen atoms in total. The number of ether oxygens (including phenoxy) is 1. The van der Waals surface area contributed by atoms with Gasteiger partial charge in [0, 0.05) is 33.5 Å². The fourth-order valence-electron chi connectivity index (χ4n) is 3.55. The van der Waals surface area contributed by atoms with Crippen molar-refractivity contribution in [1.29, 1.82) is 0 Å². The topological polar surface area (TPSA) is 47.0 Å². The summed E-state index contributed by atoms with van der Waals surface area (Å²) in [5, 5.41) is 1.29. The van der Waals surface area contributed by atoms with Crippen molar-refractivity contribution in [2.24, 2.45) is 0 Å². The Morgan fingerprint density at radius 2 is 2.26 bits per heavy atom. The lowest BCUT2D eigenvalue weighted by atomic mass is 9.91. The van der Waals surface area contributed by atoms with E-state index in [1.807, 2.05) is 18.5 Å². The highest BCUT2D eigenvalue weighted by Crippen LogP contribution is 2.38. The Morgan fingerprint density at radius 3 is 3.09 bits per heavy atom. The minimum Gasteiger partial charge on any atom is -0.465 e. The highest BCUT2D eigenvalue weighted by atomic mass is 79.9. The van der Waals surface area contributed by atoms with Gasteiger partial charge in [0.1, 0.15) is 0 Å². The third kappa shape index (κ3) is 2.39. The molecule has 0 aliphatic heterocycles. The maximum atomic E-state index is 11.7. The summed E-state index contributed by atoms with van der Waals surface area (Å²) in [6.45, 7) is 0. The van der Waals surface area contributed by atoms with Gasteiger partial charge in [-0.25, -0.2) is 4.79 Å². The van der Waals surface area contributed by atoms with Gasteiger partial charge in [-0.15, -0.1) is 0 Å². The van der Waals surface area contributed by atoms with E-state index in [0.29, 0.717) is 5.56 Å². The van der Waals surface area contributed by atoms with Crippen molar-refractivity contribution in [3.05, 3.63) is 58.0 Å². The van der Waals surface area contributed by atoms with Crippen molar-refractivity contribution in [1.82, 2.24) is 9.55 Å². The van der Waals surface area contributed by atoms with Gasteiger partial charge >= 0.3 is 5.97 Å². The maximum Gasteiger partial charge on any atom is 0.339 e. The van der Waals surface area contributed by atoms with Gasteiger partial charge in [0.05, 0.1) is 18.7 Å². The van der Waals surface area contributed by atoms with Crippen LogP contribution in [-0.4, -0.2) is 22.6 Å². The number of H-pyrrole nitrogens is 1. The van der Waals surface area contributed by atoms with Crippen LogP contribution >= 0.6 is 15.9 Å². The highest BCUT2D eigenvalue weighted by Gasteiger charge is 2.26. The second kappa shape index (κ2) is 5.57. The van der Waals surface area contributed by atoms with Crippen LogP contribution in [0, 0.1) is 0 Å². The number of rotatable bonds is 2. The van der Waals surface area contributed by atoms with E-state index in [4.69, 9.17) is 4.74 Å². The van der Waals surface area contributed by atoms with Crippen LogP contribution in [0.4, 0.5) is 0 Å². The van der Waals surface area contributed by atoms with Crippen LogP contribution in [0.1, 0.15) is 40.5 Å². The summed E-state index contributed by atoms with van der Waals surface area (Å²) in [4.78, 5) is 15.3. The Kier molecular flexibility index (Phi) is 3.53. The Morgan fingerprint density at radius 1 is 1.39 bits per heavy atom. The number of aromatic amines is 1. The lowest BCUT2D eigenvalue weighted by Gasteiger charge is -2.24. The summed E-state index contributed by atoms with van der Waals surface area (Å²) in [7, 11) is 1.41. The zero-order chi connectivity index (χ0) is 16.0. The molecule has 1 N–H and O–H groups in total. The van der Waals surface area contributed by atoms with Crippen molar-refractivity contribution in [3.63, 3.8) is 0 Å². The number of benzene rings is 1. The summed E-state index contributed by atoms with van der Waals surface area (Å²) in [6.07, 6.45) is 7.15. The van der Waals surface area contributed by atoms with Gasteiger partial charge in [0.25, 0.3) is 0 Å². The van der Waals surface area contributed by atoms with E-state index in [0.717, 1.165) is 23.7 Å². The van der Waals surface area contributed by atoms with Crippen molar-refractivity contribution < 1.29 is 9.53 Å². The minimum atomic E-state index is -0.291. The van der Waals surface area contributed by atoms with Crippen molar-refractivity contribution >= 4 is 32.8 Å². The number of fused-ring (bicyclic) bond motifs is 3. The standard InChI is InChI=1S/C18H17BrN2O2/c1-23-18(22)11-7-8-21(10-11)16-4-2-3-13-14-9-12(19)5-6-15(14)20-17(13)16/h5-10,16,20H,2-4H2,1H3. The average molecular weight is 373 g/mol. The van der Waals surface area contributed by atoms with Crippen LogP contribution in [0.2, 0.25) is 0 Å². The third-order valence-corrected chi connectivity index (χ3v) is 5.13. The summed E-state index contributed by atoms with van der Waals surface area (Å²) in [6, 6.07) is 8.42. The quantitative estimate of drug-likeness (QED) is 0.675. The van der Waals surface area contributed by atoms with E-state index in [9.17, 15) is 4.79 Å². The van der Waals surface area contributed by atoms with Crippen LogP contribution in [0.15, 0.2) is 41.1 Å². The number of aryl methyl sites for hydroxylation is 1. The molecule has 1 aliphatic rings. The summed E-state index contributed by atoms with van der Waals surface area (Å²) in [5.74, 6) is -0.291. The smallest absolute Gasteiger partial charge is 0.339 e. The fraction of sp³-hybridized carbons (Fsp3) is 0.278. The van der Waals surface area contributed by atoms with Gasteiger partial charge in [0.2, 0.25) is 0 Å². The molecule has 1 aliphatic carbocycles. The first kappa shape index (κ1) is 14.6. The molecule has 4 rings (SSSR count). The molecule has 118 valence electrons. The Balaban J connectivity index is 1.80. The molecule has 0 amide bonds. The maximum absolute atomic E-state index is 11.7. The molecule has 1 atom stereocenters. The molecule has 1 aromatic carbocycles. The highest BCUT2D eigenvalue weighted by molar-refractivity contribution is 9.10. The second-order valence-corrected chi connectivity index (χ2v) is 6.87. The molecule has 5 heteroatoms. The summed E-state index contributed by atoms with van der Waals surface area (Å²) in [5.41, 5.74) is 4.42. The average Bonchev–Trinajstić information content (AvgIpc) is 3.18. The van der Waals surface area contributed by atoms with Crippen molar-refractivity contribution in [2.75, 3.05) is 7.11 Å². The largest absolute Gasteiger partial charge is 0.465 e. The van der Waals surface area contributed by atoms with Gasteiger partial charge in [-0.05, 0) is 49.1 Å². The number of hydrogen-bond acceptors (Lipinski definition) is 2. The predicted molar refractivity (Wildman–Crippen MR) is 92.8 cm³/mol. The van der Waals surface area contributed by atoms with Gasteiger partial charge in [0.15, 0.2) is 0 Å². The number of methoxy groups -OCH3 is 1. The lowest BCUT2D eigenvalue weighted by molar-refractivity contribution is 0.0600. The molecule has 0 spiro atoms. The van der Waals surface area contributed by atoms with Gasteiger partial charge < -0.3 is 14.3 Å². The Hall–Kier alpha value is -2.01. The van der Waals surface area contributed by atoms with Crippen LogP contribution in [0.3, 0.4) is 0 Å². The van der Waals surface area contributed by atoms with Crippen LogP contribution in [-0.2, 0) is 11.2 Å². The van der Waals surface area contributed by atoms with E-state index in [1.54, 1.807) is 0 Å². The lowest BCUT2D eigenvalue weighted by Crippen LogP contribution is -2.16. The molecule has 0 saturated carbocycles. The molecule has 23 heavy (non-hydrogen) atoms. The fourth-order valence-corrected chi connectivity index (χ4v) is 3.92. The molecule has 0 saturated heterocycles. The normalized spacial score (nSPS) is 17.2. The number of carbonyl (C=O) groups excluding carboxylic acids is 1. The zero-order valence-corrected chi connectivity index (χ0v) is 14.4. The molecule has 1 unspecified atom stereocenters.